The number of nitrogens with zero attached hydrogens (tertiary/aromatic N) is 4. The van der Waals surface area contributed by atoms with Gasteiger partial charge in [-0.3, -0.25) is 9.59 Å². The maximum Gasteiger partial charge on any atom is 0.254 e. The van der Waals surface area contributed by atoms with E-state index < -0.39 is 11.7 Å². The first kappa shape index (κ1) is 31.1. The second kappa shape index (κ2) is 14.1. The molecule has 2 saturated heterocycles. The molecule has 1 saturated carbocycles. The van der Waals surface area contributed by atoms with Gasteiger partial charge in [-0.1, -0.05) is 26.7 Å². The van der Waals surface area contributed by atoms with E-state index in [0.717, 1.165) is 55.7 Å². The molecular formula is C36H44FN5O3. The van der Waals surface area contributed by atoms with Crippen LogP contribution in [0.1, 0.15) is 99.2 Å². The predicted octanol–water partition coefficient (Wildman–Crippen LogP) is 6.85. The van der Waals surface area contributed by atoms with Crippen LogP contribution in [0.5, 0.6) is 11.5 Å². The number of carbonyl (C=O) groups excluding carboxylic acids is 2. The molecule has 0 radical (unpaired) electrons. The SMILES string of the molecule is CC(C)c1ccc(-c2ccc(Oc3cc(C(=O)NC4CCN(C5CCCC5)CC4)c(F)cc3CN3CCCCC3=O)cc2)nn1. The molecule has 45 heavy (non-hydrogen) atoms. The summed E-state index contributed by atoms with van der Waals surface area (Å²) in [5.41, 5.74) is 3.06. The quantitative estimate of drug-likeness (QED) is 0.284. The highest BCUT2D eigenvalue weighted by atomic mass is 19.1. The summed E-state index contributed by atoms with van der Waals surface area (Å²) in [6.07, 6.45) is 9.12. The normalized spacial score (nSPS) is 18.5. The third kappa shape index (κ3) is 7.52. The highest BCUT2D eigenvalue weighted by Crippen LogP contribution is 2.32. The molecule has 1 aromatic heterocycles. The number of halogens is 1. The van der Waals surface area contributed by atoms with Crippen molar-refractivity contribution in [1.29, 1.82) is 0 Å². The van der Waals surface area contributed by atoms with Crippen molar-refractivity contribution in [2.45, 2.75) is 96.2 Å². The number of carbonyl (C=O) groups is 2. The summed E-state index contributed by atoms with van der Waals surface area (Å²) < 4.78 is 21.9. The number of hydrogen-bond donors (Lipinski definition) is 1. The van der Waals surface area contributed by atoms with Gasteiger partial charge in [-0.2, -0.15) is 10.2 Å². The van der Waals surface area contributed by atoms with Gasteiger partial charge >= 0.3 is 0 Å². The first-order valence-corrected chi connectivity index (χ1v) is 16.6. The Balaban J connectivity index is 1.19. The third-order valence-corrected chi connectivity index (χ3v) is 9.54. The van der Waals surface area contributed by atoms with Gasteiger partial charge in [0.25, 0.3) is 5.91 Å². The van der Waals surface area contributed by atoms with E-state index in [-0.39, 0.29) is 24.1 Å². The van der Waals surface area contributed by atoms with Crippen LogP contribution in [0.15, 0.2) is 48.5 Å². The third-order valence-electron chi connectivity index (χ3n) is 9.54. The fourth-order valence-electron chi connectivity index (χ4n) is 6.79. The fraction of sp³-hybridized carbons (Fsp3) is 0.500. The summed E-state index contributed by atoms with van der Waals surface area (Å²) in [6, 6.07) is 14.9. The van der Waals surface area contributed by atoms with Crippen molar-refractivity contribution in [3.05, 3.63) is 71.2 Å². The first-order chi connectivity index (χ1) is 21.8. The van der Waals surface area contributed by atoms with E-state index in [2.05, 4.69) is 34.3 Å². The molecule has 9 heteroatoms. The molecule has 1 N–H and O–H groups in total. The van der Waals surface area contributed by atoms with Gasteiger partial charge in [0.1, 0.15) is 17.3 Å². The zero-order valence-electron chi connectivity index (χ0n) is 26.4. The largest absolute Gasteiger partial charge is 0.457 e. The lowest BCUT2D eigenvalue weighted by atomic mass is 10.0. The lowest BCUT2D eigenvalue weighted by molar-refractivity contribution is -0.133. The lowest BCUT2D eigenvalue weighted by Gasteiger charge is -2.36. The van der Waals surface area contributed by atoms with Crippen LogP contribution in [0.4, 0.5) is 4.39 Å². The Labute approximate surface area is 265 Å². The van der Waals surface area contributed by atoms with Gasteiger partial charge in [0, 0.05) is 55.8 Å². The fourth-order valence-corrected chi connectivity index (χ4v) is 6.79. The van der Waals surface area contributed by atoms with Crippen molar-refractivity contribution in [2.24, 2.45) is 0 Å². The van der Waals surface area contributed by atoms with Gasteiger partial charge < -0.3 is 19.9 Å². The maximum absolute atomic E-state index is 15.6. The summed E-state index contributed by atoms with van der Waals surface area (Å²) in [6.45, 7) is 6.92. The monoisotopic (exact) mass is 613 g/mol. The van der Waals surface area contributed by atoms with Crippen LogP contribution in [0, 0.1) is 5.82 Å². The molecule has 0 atom stereocenters. The van der Waals surface area contributed by atoms with Crippen molar-refractivity contribution in [2.75, 3.05) is 19.6 Å². The Bertz CT molecular complexity index is 1480. The standard InChI is InChI=1S/C36H44FN5O3/c1-24(2)32-14-15-33(40-39-32)25-10-12-29(13-11-25)45-34-22-30(31(37)21-26(34)23-42-18-6-5-9-35(42)43)36(44)38-27-16-19-41(20-17-27)28-7-3-4-8-28/h10-15,21-22,24,27-28H,3-9,16-20,23H2,1-2H3,(H,38,44). The summed E-state index contributed by atoms with van der Waals surface area (Å²) >= 11 is 0. The van der Waals surface area contributed by atoms with Crippen LogP contribution in [-0.2, 0) is 11.3 Å². The molecule has 0 unspecified atom stereocenters. The minimum Gasteiger partial charge on any atom is -0.457 e. The number of benzene rings is 2. The van der Waals surface area contributed by atoms with Crippen molar-refractivity contribution in [1.82, 2.24) is 25.3 Å². The Morgan fingerprint density at radius 2 is 1.71 bits per heavy atom. The van der Waals surface area contributed by atoms with Gasteiger partial charge in [0.05, 0.1) is 17.0 Å². The molecule has 8 nitrogen and oxygen atoms in total. The zero-order chi connectivity index (χ0) is 31.3. The summed E-state index contributed by atoms with van der Waals surface area (Å²) in [5.74, 6) is 0.206. The Hall–Kier alpha value is -3.85. The van der Waals surface area contributed by atoms with E-state index in [1.807, 2.05) is 36.4 Å². The summed E-state index contributed by atoms with van der Waals surface area (Å²) in [4.78, 5) is 30.3. The van der Waals surface area contributed by atoms with Gasteiger partial charge in [-0.05, 0) is 93.0 Å². The number of likely N-dealkylation sites (tertiary alicyclic amines) is 2. The van der Waals surface area contributed by atoms with Crippen LogP contribution in [0.25, 0.3) is 11.3 Å². The minimum absolute atomic E-state index is 0.00909. The van der Waals surface area contributed by atoms with Crippen LogP contribution < -0.4 is 10.1 Å². The molecule has 238 valence electrons. The van der Waals surface area contributed by atoms with Crippen molar-refractivity contribution >= 4 is 11.8 Å². The van der Waals surface area contributed by atoms with E-state index in [1.165, 1.54) is 37.8 Å². The Morgan fingerprint density at radius 3 is 2.38 bits per heavy atom. The summed E-state index contributed by atoms with van der Waals surface area (Å²) in [7, 11) is 0. The molecule has 1 aliphatic carbocycles. The molecule has 6 rings (SSSR count). The molecule has 3 heterocycles. The van der Waals surface area contributed by atoms with E-state index in [0.29, 0.717) is 42.0 Å². The van der Waals surface area contributed by atoms with Crippen LogP contribution in [0.2, 0.25) is 0 Å². The highest BCUT2D eigenvalue weighted by Gasteiger charge is 2.29. The molecule has 0 bridgehead atoms. The number of nitrogens with one attached hydrogen (secondary N) is 1. The van der Waals surface area contributed by atoms with Crippen molar-refractivity contribution in [3.8, 4) is 22.8 Å². The number of piperidine rings is 2. The average Bonchev–Trinajstić information content (AvgIpc) is 3.59. The smallest absolute Gasteiger partial charge is 0.254 e. The molecular weight excluding hydrogens is 569 g/mol. The number of rotatable bonds is 9. The Kier molecular flexibility index (Phi) is 9.73. The molecule has 2 aliphatic heterocycles. The van der Waals surface area contributed by atoms with E-state index >= 15 is 4.39 Å². The zero-order valence-corrected chi connectivity index (χ0v) is 26.4. The lowest BCUT2D eigenvalue weighted by Crippen LogP contribution is -2.47. The molecule has 3 aliphatic rings. The van der Waals surface area contributed by atoms with Gasteiger partial charge in [0.2, 0.25) is 5.91 Å². The highest BCUT2D eigenvalue weighted by molar-refractivity contribution is 5.95. The number of aromatic nitrogens is 2. The van der Waals surface area contributed by atoms with Crippen molar-refractivity contribution < 1.29 is 18.7 Å². The Morgan fingerprint density at radius 1 is 0.956 bits per heavy atom. The molecule has 0 spiro atoms. The number of hydrogen-bond acceptors (Lipinski definition) is 6. The van der Waals surface area contributed by atoms with Gasteiger partial charge in [-0.25, -0.2) is 4.39 Å². The van der Waals surface area contributed by atoms with Crippen molar-refractivity contribution in [3.63, 3.8) is 0 Å². The summed E-state index contributed by atoms with van der Waals surface area (Å²) in [5, 5.41) is 11.8. The van der Waals surface area contributed by atoms with Crippen LogP contribution in [-0.4, -0.2) is 63.5 Å². The maximum atomic E-state index is 15.6. The minimum atomic E-state index is -0.610. The van der Waals surface area contributed by atoms with E-state index in [1.54, 1.807) is 4.90 Å². The van der Waals surface area contributed by atoms with Crippen LogP contribution >= 0.6 is 0 Å². The molecule has 3 aromatic rings. The van der Waals surface area contributed by atoms with Crippen LogP contribution in [0.3, 0.4) is 0 Å². The van der Waals surface area contributed by atoms with Gasteiger partial charge in [0.15, 0.2) is 0 Å². The topological polar surface area (TPSA) is 87.7 Å². The van der Waals surface area contributed by atoms with E-state index in [4.69, 9.17) is 4.74 Å². The number of ether oxygens (including phenoxy) is 1. The second-order valence-corrected chi connectivity index (χ2v) is 13.1. The molecule has 3 fully saturated rings. The predicted molar refractivity (Wildman–Crippen MR) is 172 cm³/mol. The molecule has 2 aromatic carbocycles. The average molecular weight is 614 g/mol. The first-order valence-electron chi connectivity index (χ1n) is 16.6. The molecule has 2 amide bonds. The number of amides is 2. The second-order valence-electron chi connectivity index (χ2n) is 13.1. The van der Waals surface area contributed by atoms with E-state index in [9.17, 15) is 9.59 Å². The van der Waals surface area contributed by atoms with Gasteiger partial charge in [-0.15, -0.1) is 0 Å².